The monoisotopic (exact) mass is 206 g/mol. The molecule has 0 bridgehead atoms. The SMILES string of the molecule is CC(=O)OC(C)(C)C=CBr. The summed E-state index contributed by atoms with van der Waals surface area (Å²) in [6.07, 6.45) is 1.76. The fraction of sp³-hybridized carbons (Fsp3) is 0.571. The lowest BCUT2D eigenvalue weighted by atomic mass is 10.1. The fourth-order valence-electron chi connectivity index (χ4n) is 0.556. The summed E-state index contributed by atoms with van der Waals surface area (Å²) < 4.78 is 4.92. The molecular weight excluding hydrogens is 196 g/mol. The molecule has 0 aliphatic rings. The molecule has 0 radical (unpaired) electrons. The van der Waals surface area contributed by atoms with Gasteiger partial charge in [0.1, 0.15) is 5.60 Å². The first-order valence-corrected chi connectivity index (χ1v) is 3.87. The van der Waals surface area contributed by atoms with Crippen molar-refractivity contribution in [2.45, 2.75) is 26.4 Å². The summed E-state index contributed by atoms with van der Waals surface area (Å²) in [5.41, 5.74) is -0.505. The largest absolute Gasteiger partial charge is 0.456 e. The lowest BCUT2D eigenvalue weighted by molar-refractivity contribution is -0.149. The van der Waals surface area contributed by atoms with Gasteiger partial charge in [-0.3, -0.25) is 4.79 Å². The van der Waals surface area contributed by atoms with E-state index in [2.05, 4.69) is 15.9 Å². The molecule has 0 unspecified atom stereocenters. The highest BCUT2D eigenvalue weighted by Gasteiger charge is 2.15. The second-order valence-electron chi connectivity index (χ2n) is 2.49. The van der Waals surface area contributed by atoms with Crippen LogP contribution >= 0.6 is 15.9 Å². The Balaban J connectivity index is 3.99. The minimum atomic E-state index is -0.505. The van der Waals surface area contributed by atoms with Crippen LogP contribution in [0.15, 0.2) is 11.1 Å². The quantitative estimate of drug-likeness (QED) is 0.649. The van der Waals surface area contributed by atoms with E-state index in [1.54, 1.807) is 11.1 Å². The molecule has 0 fully saturated rings. The molecule has 0 atom stereocenters. The van der Waals surface area contributed by atoms with E-state index in [1.807, 2.05) is 13.8 Å². The first kappa shape index (κ1) is 9.69. The van der Waals surface area contributed by atoms with Gasteiger partial charge in [-0.2, -0.15) is 0 Å². The zero-order valence-electron chi connectivity index (χ0n) is 6.35. The van der Waals surface area contributed by atoms with Crippen LogP contribution in [0, 0.1) is 0 Å². The fourth-order valence-corrected chi connectivity index (χ4v) is 1.19. The average Bonchev–Trinajstić information content (AvgIpc) is 1.59. The third kappa shape index (κ3) is 4.56. The Morgan fingerprint density at radius 2 is 2.10 bits per heavy atom. The molecule has 10 heavy (non-hydrogen) atoms. The second kappa shape index (κ2) is 3.76. The Kier molecular flexibility index (Phi) is 3.64. The van der Waals surface area contributed by atoms with Crippen LogP contribution < -0.4 is 0 Å². The molecule has 0 aromatic heterocycles. The number of hydrogen-bond acceptors (Lipinski definition) is 2. The standard InChI is InChI=1S/C7H11BrO2/c1-6(9)10-7(2,3)4-5-8/h4-5H,1-3H3. The van der Waals surface area contributed by atoms with E-state index in [-0.39, 0.29) is 5.97 Å². The Bertz CT molecular complexity index is 150. The molecule has 0 heterocycles. The summed E-state index contributed by atoms with van der Waals surface area (Å²) in [5.74, 6) is -0.268. The molecule has 0 N–H and O–H groups in total. The number of carbonyl (C=O) groups is 1. The van der Waals surface area contributed by atoms with E-state index < -0.39 is 5.60 Å². The first-order valence-electron chi connectivity index (χ1n) is 2.95. The molecular formula is C7H11BrO2. The predicted octanol–water partition coefficient (Wildman–Crippen LogP) is 2.24. The highest BCUT2D eigenvalue weighted by atomic mass is 79.9. The van der Waals surface area contributed by atoms with Crippen molar-refractivity contribution in [1.82, 2.24) is 0 Å². The van der Waals surface area contributed by atoms with Crippen molar-refractivity contribution < 1.29 is 9.53 Å². The van der Waals surface area contributed by atoms with E-state index in [0.717, 1.165) is 0 Å². The zero-order valence-corrected chi connectivity index (χ0v) is 7.94. The van der Waals surface area contributed by atoms with E-state index in [9.17, 15) is 4.79 Å². The molecule has 0 aromatic rings. The molecule has 0 aliphatic heterocycles. The number of rotatable bonds is 2. The number of ether oxygens (including phenoxy) is 1. The molecule has 0 saturated heterocycles. The van der Waals surface area contributed by atoms with Crippen LogP contribution in [0.25, 0.3) is 0 Å². The van der Waals surface area contributed by atoms with Crippen molar-refractivity contribution in [2.75, 3.05) is 0 Å². The van der Waals surface area contributed by atoms with Crippen LogP contribution in [0.5, 0.6) is 0 Å². The Labute approximate surface area is 69.4 Å². The average molecular weight is 207 g/mol. The van der Waals surface area contributed by atoms with Crippen molar-refractivity contribution in [3.8, 4) is 0 Å². The van der Waals surface area contributed by atoms with Gasteiger partial charge < -0.3 is 4.74 Å². The smallest absolute Gasteiger partial charge is 0.303 e. The lowest BCUT2D eigenvalue weighted by Gasteiger charge is -2.19. The van der Waals surface area contributed by atoms with E-state index >= 15 is 0 Å². The molecule has 0 spiro atoms. The van der Waals surface area contributed by atoms with Gasteiger partial charge in [0.25, 0.3) is 0 Å². The third-order valence-electron chi connectivity index (χ3n) is 0.871. The van der Waals surface area contributed by atoms with E-state index in [0.29, 0.717) is 0 Å². The summed E-state index contributed by atoms with van der Waals surface area (Å²) in [4.78, 5) is 12.1. The van der Waals surface area contributed by atoms with Crippen LogP contribution in [0.3, 0.4) is 0 Å². The summed E-state index contributed by atoms with van der Waals surface area (Å²) in [6.45, 7) is 5.02. The minimum absolute atomic E-state index is 0.268. The van der Waals surface area contributed by atoms with Crippen LogP contribution in [0.2, 0.25) is 0 Å². The topological polar surface area (TPSA) is 26.3 Å². The summed E-state index contributed by atoms with van der Waals surface area (Å²) in [7, 11) is 0. The molecule has 0 amide bonds. The highest BCUT2D eigenvalue weighted by molar-refractivity contribution is 9.11. The number of esters is 1. The summed E-state index contributed by atoms with van der Waals surface area (Å²) in [6, 6.07) is 0. The minimum Gasteiger partial charge on any atom is -0.456 e. The van der Waals surface area contributed by atoms with E-state index in [4.69, 9.17) is 4.74 Å². The second-order valence-corrected chi connectivity index (χ2v) is 3.02. The molecule has 2 nitrogen and oxygen atoms in total. The van der Waals surface area contributed by atoms with Gasteiger partial charge in [-0.15, -0.1) is 0 Å². The maximum atomic E-state index is 10.5. The van der Waals surface area contributed by atoms with Gasteiger partial charge in [0, 0.05) is 6.92 Å². The Morgan fingerprint density at radius 3 is 2.40 bits per heavy atom. The zero-order chi connectivity index (χ0) is 8.20. The molecule has 0 aliphatic carbocycles. The first-order chi connectivity index (χ1) is 4.48. The van der Waals surface area contributed by atoms with Crippen LogP contribution in [-0.4, -0.2) is 11.6 Å². The van der Waals surface area contributed by atoms with Crippen molar-refractivity contribution in [3.05, 3.63) is 11.1 Å². The van der Waals surface area contributed by atoms with Gasteiger partial charge in [-0.25, -0.2) is 0 Å². The lowest BCUT2D eigenvalue weighted by Crippen LogP contribution is -2.23. The molecule has 0 rings (SSSR count). The molecule has 3 heteroatoms. The molecule has 0 aromatic carbocycles. The van der Waals surface area contributed by atoms with E-state index in [1.165, 1.54) is 6.92 Å². The Hall–Kier alpha value is -0.310. The third-order valence-corrected chi connectivity index (χ3v) is 1.14. The normalized spacial score (nSPS) is 12.0. The predicted molar refractivity (Wildman–Crippen MR) is 43.9 cm³/mol. The maximum absolute atomic E-state index is 10.5. The van der Waals surface area contributed by atoms with Gasteiger partial charge >= 0.3 is 5.97 Å². The summed E-state index contributed by atoms with van der Waals surface area (Å²) in [5, 5.41) is 0. The van der Waals surface area contributed by atoms with Crippen molar-refractivity contribution in [1.29, 1.82) is 0 Å². The van der Waals surface area contributed by atoms with Crippen LogP contribution in [0.4, 0.5) is 0 Å². The number of hydrogen-bond donors (Lipinski definition) is 0. The van der Waals surface area contributed by atoms with Crippen molar-refractivity contribution >= 4 is 21.9 Å². The Morgan fingerprint density at radius 1 is 1.60 bits per heavy atom. The van der Waals surface area contributed by atoms with Gasteiger partial charge in [-0.1, -0.05) is 15.9 Å². The van der Waals surface area contributed by atoms with Crippen molar-refractivity contribution in [2.24, 2.45) is 0 Å². The molecule has 58 valence electrons. The van der Waals surface area contributed by atoms with Crippen LogP contribution in [-0.2, 0) is 9.53 Å². The van der Waals surface area contributed by atoms with Crippen LogP contribution in [0.1, 0.15) is 20.8 Å². The number of carbonyl (C=O) groups excluding carboxylic acids is 1. The van der Waals surface area contributed by atoms with Gasteiger partial charge in [0.2, 0.25) is 0 Å². The highest BCUT2D eigenvalue weighted by Crippen LogP contribution is 2.11. The van der Waals surface area contributed by atoms with Gasteiger partial charge in [0.15, 0.2) is 0 Å². The number of halogens is 1. The summed E-state index contributed by atoms with van der Waals surface area (Å²) >= 11 is 3.10. The van der Waals surface area contributed by atoms with Gasteiger partial charge in [-0.05, 0) is 24.9 Å². The maximum Gasteiger partial charge on any atom is 0.303 e. The van der Waals surface area contributed by atoms with Crippen molar-refractivity contribution in [3.63, 3.8) is 0 Å². The molecule has 0 saturated carbocycles. The van der Waals surface area contributed by atoms with Gasteiger partial charge in [0.05, 0.1) is 0 Å².